The van der Waals surface area contributed by atoms with Crippen molar-refractivity contribution in [3.63, 3.8) is 0 Å². The van der Waals surface area contributed by atoms with E-state index in [-0.39, 0.29) is 0 Å². The maximum absolute atomic E-state index is 2.40. The molecule has 0 aromatic rings. The maximum atomic E-state index is 2.40. The van der Waals surface area contributed by atoms with E-state index in [1.807, 2.05) is 0 Å². The predicted octanol–water partition coefficient (Wildman–Crippen LogP) is 6.06. The standard InChI is InChI=1S/C16H34/c1-6-8-12-16(14(3)4)13-10-9-11-15(5)7-2/h14-16H,6-13H2,1-5H3. The molecule has 16 heavy (non-hydrogen) atoms. The van der Waals surface area contributed by atoms with Crippen molar-refractivity contribution in [2.75, 3.05) is 0 Å². The molecule has 2 unspecified atom stereocenters. The van der Waals surface area contributed by atoms with Gasteiger partial charge in [-0.15, -0.1) is 0 Å². The minimum Gasteiger partial charge on any atom is -0.0654 e. The first-order valence-electron chi connectivity index (χ1n) is 7.61. The Morgan fingerprint density at radius 1 is 0.750 bits per heavy atom. The summed E-state index contributed by atoms with van der Waals surface area (Å²) < 4.78 is 0. The van der Waals surface area contributed by atoms with Gasteiger partial charge in [0.25, 0.3) is 0 Å². The van der Waals surface area contributed by atoms with Crippen LogP contribution in [0.5, 0.6) is 0 Å². The summed E-state index contributed by atoms with van der Waals surface area (Å²) in [6.45, 7) is 11.8. The molecule has 0 aromatic heterocycles. The fraction of sp³-hybridized carbons (Fsp3) is 1.00. The van der Waals surface area contributed by atoms with Crippen molar-refractivity contribution in [2.24, 2.45) is 17.8 Å². The Kier molecular flexibility index (Phi) is 10.2. The molecule has 0 heteroatoms. The van der Waals surface area contributed by atoms with Gasteiger partial charge in [-0.2, -0.15) is 0 Å². The normalized spacial score (nSPS) is 15.4. The quantitative estimate of drug-likeness (QED) is 0.397. The van der Waals surface area contributed by atoms with Crippen molar-refractivity contribution >= 4 is 0 Å². The lowest BCUT2D eigenvalue weighted by Gasteiger charge is -2.20. The van der Waals surface area contributed by atoms with Crippen LogP contribution in [-0.4, -0.2) is 0 Å². The van der Waals surface area contributed by atoms with E-state index in [1.54, 1.807) is 0 Å². The Morgan fingerprint density at radius 3 is 1.81 bits per heavy atom. The molecule has 0 saturated heterocycles. The molecule has 0 aliphatic rings. The molecule has 0 saturated carbocycles. The molecular formula is C16H34. The van der Waals surface area contributed by atoms with Crippen molar-refractivity contribution in [3.8, 4) is 0 Å². The van der Waals surface area contributed by atoms with Gasteiger partial charge in [0, 0.05) is 0 Å². The Bertz CT molecular complexity index is 137. The number of hydrogen-bond acceptors (Lipinski definition) is 0. The summed E-state index contributed by atoms with van der Waals surface area (Å²) in [6.07, 6.45) is 11.4. The van der Waals surface area contributed by atoms with Crippen LogP contribution in [0.2, 0.25) is 0 Å². The van der Waals surface area contributed by atoms with Gasteiger partial charge in [0.15, 0.2) is 0 Å². The zero-order chi connectivity index (χ0) is 12.4. The second-order valence-corrected chi connectivity index (χ2v) is 5.94. The Balaban J connectivity index is 3.59. The molecule has 0 bridgehead atoms. The molecule has 0 rings (SSSR count). The lowest BCUT2D eigenvalue weighted by molar-refractivity contribution is 0.312. The zero-order valence-corrected chi connectivity index (χ0v) is 12.4. The van der Waals surface area contributed by atoms with Gasteiger partial charge in [-0.05, 0) is 17.8 Å². The van der Waals surface area contributed by atoms with Crippen LogP contribution < -0.4 is 0 Å². The summed E-state index contributed by atoms with van der Waals surface area (Å²) in [5.41, 5.74) is 0. The molecule has 0 aromatic carbocycles. The van der Waals surface area contributed by atoms with E-state index in [0.717, 1.165) is 17.8 Å². The Morgan fingerprint density at radius 2 is 1.31 bits per heavy atom. The van der Waals surface area contributed by atoms with Crippen LogP contribution in [0.25, 0.3) is 0 Å². The van der Waals surface area contributed by atoms with E-state index < -0.39 is 0 Å². The average Bonchev–Trinajstić information content (AvgIpc) is 2.27. The van der Waals surface area contributed by atoms with Crippen molar-refractivity contribution in [3.05, 3.63) is 0 Å². The molecule has 0 aliphatic carbocycles. The molecule has 2 atom stereocenters. The van der Waals surface area contributed by atoms with Crippen molar-refractivity contribution < 1.29 is 0 Å². The lowest BCUT2D eigenvalue weighted by atomic mass is 9.85. The summed E-state index contributed by atoms with van der Waals surface area (Å²) >= 11 is 0. The largest absolute Gasteiger partial charge is 0.0654 e. The van der Waals surface area contributed by atoms with Gasteiger partial charge in [0.05, 0.1) is 0 Å². The monoisotopic (exact) mass is 226 g/mol. The van der Waals surface area contributed by atoms with Crippen LogP contribution in [0.4, 0.5) is 0 Å². The van der Waals surface area contributed by atoms with Gasteiger partial charge in [0.1, 0.15) is 0 Å². The summed E-state index contributed by atoms with van der Waals surface area (Å²) in [4.78, 5) is 0. The number of rotatable bonds is 10. The van der Waals surface area contributed by atoms with Crippen molar-refractivity contribution in [1.29, 1.82) is 0 Å². The van der Waals surface area contributed by atoms with Gasteiger partial charge < -0.3 is 0 Å². The van der Waals surface area contributed by atoms with Crippen LogP contribution in [0.15, 0.2) is 0 Å². The van der Waals surface area contributed by atoms with Crippen molar-refractivity contribution in [2.45, 2.75) is 86.0 Å². The Hall–Kier alpha value is 0. The summed E-state index contributed by atoms with van der Waals surface area (Å²) in [7, 11) is 0. The van der Waals surface area contributed by atoms with E-state index in [2.05, 4.69) is 34.6 Å². The maximum Gasteiger partial charge on any atom is -0.0391 e. The van der Waals surface area contributed by atoms with E-state index in [4.69, 9.17) is 0 Å². The first-order valence-corrected chi connectivity index (χ1v) is 7.61. The van der Waals surface area contributed by atoms with E-state index in [9.17, 15) is 0 Å². The first kappa shape index (κ1) is 16.0. The van der Waals surface area contributed by atoms with Crippen LogP contribution in [0.3, 0.4) is 0 Å². The highest BCUT2D eigenvalue weighted by Crippen LogP contribution is 2.25. The molecule has 0 heterocycles. The summed E-state index contributed by atoms with van der Waals surface area (Å²) in [5.74, 6) is 2.81. The molecule has 0 spiro atoms. The third kappa shape index (κ3) is 8.19. The van der Waals surface area contributed by atoms with Crippen LogP contribution >= 0.6 is 0 Å². The van der Waals surface area contributed by atoms with Gasteiger partial charge in [-0.25, -0.2) is 0 Å². The molecule has 0 radical (unpaired) electrons. The minimum atomic E-state index is 0.884. The van der Waals surface area contributed by atoms with Gasteiger partial charge in [-0.1, -0.05) is 86.0 Å². The fourth-order valence-electron chi connectivity index (χ4n) is 2.38. The Labute approximate surface area is 104 Å². The molecule has 0 amide bonds. The molecule has 0 nitrogen and oxygen atoms in total. The molecule has 0 aliphatic heterocycles. The van der Waals surface area contributed by atoms with Gasteiger partial charge >= 0.3 is 0 Å². The summed E-state index contributed by atoms with van der Waals surface area (Å²) in [6, 6.07) is 0. The second-order valence-electron chi connectivity index (χ2n) is 5.94. The SMILES string of the molecule is CCCCC(CCCCC(C)CC)C(C)C. The second kappa shape index (κ2) is 10.2. The van der Waals surface area contributed by atoms with E-state index >= 15 is 0 Å². The van der Waals surface area contributed by atoms with Crippen molar-refractivity contribution in [1.82, 2.24) is 0 Å². The highest BCUT2D eigenvalue weighted by molar-refractivity contribution is 4.64. The zero-order valence-electron chi connectivity index (χ0n) is 12.4. The van der Waals surface area contributed by atoms with Gasteiger partial charge in [-0.3, -0.25) is 0 Å². The smallest absolute Gasteiger partial charge is 0.0391 e. The van der Waals surface area contributed by atoms with Crippen LogP contribution in [0.1, 0.15) is 86.0 Å². The van der Waals surface area contributed by atoms with E-state index in [1.165, 1.54) is 51.4 Å². The molecule has 0 N–H and O–H groups in total. The van der Waals surface area contributed by atoms with Gasteiger partial charge in [0.2, 0.25) is 0 Å². The third-order valence-electron chi connectivity index (χ3n) is 4.09. The number of unbranched alkanes of at least 4 members (excludes halogenated alkanes) is 2. The fourth-order valence-corrected chi connectivity index (χ4v) is 2.38. The molecule has 98 valence electrons. The molecular weight excluding hydrogens is 192 g/mol. The lowest BCUT2D eigenvalue weighted by Crippen LogP contribution is -2.08. The van der Waals surface area contributed by atoms with E-state index in [0.29, 0.717) is 0 Å². The predicted molar refractivity (Wildman–Crippen MR) is 75.8 cm³/mol. The highest BCUT2D eigenvalue weighted by atomic mass is 14.2. The third-order valence-corrected chi connectivity index (χ3v) is 4.09. The van der Waals surface area contributed by atoms with Crippen LogP contribution in [-0.2, 0) is 0 Å². The van der Waals surface area contributed by atoms with Crippen LogP contribution in [0, 0.1) is 17.8 Å². The first-order chi connectivity index (χ1) is 7.61. The topological polar surface area (TPSA) is 0 Å². The minimum absolute atomic E-state index is 0.884. The highest BCUT2D eigenvalue weighted by Gasteiger charge is 2.12. The molecule has 0 fully saturated rings. The average molecular weight is 226 g/mol. The number of hydrogen-bond donors (Lipinski definition) is 0. The summed E-state index contributed by atoms with van der Waals surface area (Å²) in [5, 5.41) is 0.